The van der Waals surface area contributed by atoms with Gasteiger partial charge in [-0.05, 0) is 43.0 Å². The average molecular weight is 441 g/mol. The molecule has 168 valence electrons. The summed E-state index contributed by atoms with van der Waals surface area (Å²) in [6.45, 7) is 3.93. The Labute approximate surface area is 186 Å². The van der Waals surface area contributed by atoms with Gasteiger partial charge in [-0.3, -0.25) is 9.69 Å². The van der Waals surface area contributed by atoms with E-state index in [1.165, 1.54) is 0 Å². The Morgan fingerprint density at radius 1 is 0.812 bits per heavy atom. The van der Waals surface area contributed by atoms with E-state index in [1.807, 2.05) is 79.4 Å². The average Bonchev–Trinajstić information content (AvgIpc) is 2.78. The molecule has 1 N–H and O–H groups in total. The normalized spacial score (nSPS) is 14.2. The van der Waals surface area contributed by atoms with Gasteiger partial charge in [-0.25, -0.2) is 13.2 Å². The third kappa shape index (κ3) is 5.56. The molecule has 0 aliphatic rings. The molecule has 6 heteroatoms. The van der Waals surface area contributed by atoms with Crippen LogP contribution in [0.15, 0.2) is 72.8 Å². The van der Waals surface area contributed by atoms with Crippen LogP contribution >= 0.6 is 0 Å². The van der Waals surface area contributed by atoms with Crippen molar-refractivity contribution in [1.82, 2.24) is 4.90 Å². The van der Waals surface area contributed by atoms with Crippen molar-refractivity contribution >= 4 is 5.97 Å². The SMILES string of the molecule is CC(c1ccccc1)N(C(CC(=O)O)Cc1cc(F)c(F)cc1F)C(C)c1ccccc1. The number of hydrogen-bond donors (Lipinski definition) is 1. The summed E-state index contributed by atoms with van der Waals surface area (Å²) in [7, 11) is 0. The van der Waals surface area contributed by atoms with Crippen LogP contribution < -0.4 is 0 Å². The van der Waals surface area contributed by atoms with Crippen molar-refractivity contribution in [3.8, 4) is 0 Å². The van der Waals surface area contributed by atoms with Crippen LogP contribution in [0, 0.1) is 17.5 Å². The first kappa shape index (κ1) is 23.5. The highest BCUT2D eigenvalue weighted by Crippen LogP contribution is 2.35. The Morgan fingerprint density at radius 2 is 1.28 bits per heavy atom. The summed E-state index contributed by atoms with van der Waals surface area (Å²) in [6, 6.07) is 19.4. The van der Waals surface area contributed by atoms with Crippen molar-refractivity contribution in [2.45, 2.75) is 44.8 Å². The number of carboxylic acids is 1. The van der Waals surface area contributed by atoms with Crippen molar-refractivity contribution in [2.75, 3.05) is 0 Å². The van der Waals surface area contributed by atoms with Gasteiger partial charge < -0.3 is 5.11 Å². The summed E-state index contributed by atoms with van der Waals surface area (Å²) in [6.07, 6.45) is -0.365. The van der Waals surface area contributed by atoms with Crippen LogP contribution in [0.3, 0.4) is 0 Å². The quantitative estimate of drug-likeness (QED) is 0.396. The molecule has 0 saturated carbocycles. The van der Waals surface area contributed by atoms with Crippen LogP contribution in [0.2, 0.25) is 0 Å². The van der Waals surface area contributed by atoms with Gasteiger partial charge in [0.05, 0.1) is 6.42 Å². The maximum atomic E-state index is 14.5. The molecule has 3 aromatic carbocycles. The van der Waals surface area contributed by atoms with Crippen molar-refractivity contribution in [2.24, 2.45) is 0 Å². The molecule has 3 unspecified atom stereocenters. The summed E-state index contributed by atoms with van der Waals surface area (Å²) in [5, 5.41) is 9.63. The lowest BCUT2D eigenvalue weighted by molar-refractivity contribution is -0.139. The molecule has 3 rings (SSSR count). The van der Waals surface area contributed by atoms with E-state index < -0.39 is 29.5 Å². The molecule has 0 aliphatic carbocycles. The van der Waals surface area contributed by atoms with Gasteiger partial charge in [-0.15, -0.1) is 0 Å². The number of rotatable bonds is 9. The molecule has 0 heterocycles. The van der Waals surface area contributed by atoms with Gasteiger partial charge in [0.25, 0.3) is 0 Å². The van der Waals surface area contributed by atoms with E-state index in [2.05, 4.69) is 0 Å². The highest BCUT2D eigenvalue weighted by atomic mass is 19.2. The van der Waals surface area contributed by atoms with Crippen molar-refractivity contribution < 1.29 is 23.1 Å². The molecule has 0 saturated heterocycles. The molecule has 3 nitrogen and oxygen atoms in total. The summed E-state index contributed by atoms with van der Waals surface area (Å²) < 4.78 is 41.8. The molecular weight excluding hydrogens is 415 g/mol. The van der Waals surface area contributed by atoms with Crippen LogP contribution in [-0.4, -0.2) is 22.0 Å². The lowest BCUT2D eigenvalue weighted by Crippen LogP contribution is -2.42. The van der Waals surface area contributed by atoms with Crippen molar-refractivity contribution in [3.05, 3.63) is 107 Å². The van der Waals surface area contributed by atoms with E-state index >= 15 is 0 Å². The smallest absolute Gasteiger partial charge is 0.304 e. The molecular formula is C26H26F3NO2. The number of nitrogens with zero attached hydrogens (tertiary/aromatic N) is 1. The number of carbonyl (C=O) groups is 1. The van der Waals surface area contributed by atoms with E-state index in [9.17, 15) is 23.1 Å². The highest BCUT2D eigenvalue weighted by Gasteiger charge is 2.32. The third-order valence-corrected chi connectivity index (χ3v) is 5.84. The first-order valence-electron chi connectivity index (χ1n) is 10.5. The molecule has 0 spiro atoms. The van der Waals surface area contributed by atoms with E-state index in [-0.39, 0.29) is 30.5 Å². The maximum absolute atomic E-state index is 14.5. The maximum Gasteiger partial charge on any atom is 0.304 e. The second-order valence-corrected chi connectivity index (χ2v) is 7.93. The van der Waals surface area contributed by atoms with Crippen LogP contribution in [-0.2, 0) is 11.2 Å². The molecule has 32 heavy (non-hydrogen) atoms. The van der Waals surface area contributed by atoms with Gasteiger partial charge in [-0.2, -0.15) is 0 Å². The summed E-state index contributed by atoms with van der Waals surface area (Å²) in [5.41, 5.74) is 1.88. The lowest BCUT2D eigenvalue weighted by Gasteiger charge is -2.41. The van der Waals surface area contributed by atoms with Crippen LogP contribution in [0.4, 0.5) is 13.2 Å². The molecule has 0 aliphatic heterocycles. The summed E-state index contributed by atoms with van der Waals surface area (Å²) in [4.78, 5) is 13.8. The van der Waals surface area contributed by atoms with Crippen molar-refractivity contribution in [3.63, 3.8) is 0 Å². The molecule has 0 fully saturated rings. The van der Waals surface area contributed by atoms with E-state index in [0.29, 0.717) is 6.07 Å². The Balaban J connectivity index is 2.06. The Kier molecular flexibility index (Phi) is 7.70. The monoisotopic (exact) mass is 441 g/mol. The fourth-order valence-corrected chi connectivity index (χ4v) is 4.23. The molecule has 0 bridgehead atoms. The van der Waals surface area contributed by atoms with Crippen molar-refractivity contribution in [1.29, 1.82) is 0 Å². The van der Waals surface area contributed by atoms with Gasteiger partial charge in [0.15, 0.2) is 11.6 Å². The minimum absolute atomic E-state index is 0.0549. The minimum Gasteiger partial charge on any atom is -0.481 e. The topological polar surface area (TPSA) is 40.5 Å². The van der Waals surface area contributed by atoms with Gasteiger partial charge in [-0.1, -0.05) is 60.7 Å². The Morgan fingerprint density at radius 3 is 1.75 bits per heavy atom. The number of carboxylic acid groups (broad SMARTS) is 1. The minimum atomic E-state index is -1.27. The first-order chi connectivity index (χ1) is 15.3. The van der Waals surface area contributed by atoms with Crippen LogP contribution in [0.25, 0.3) is 0 Å². The lowest BCUT2D eigenvalue weighted by atomic mass is 9.93. The second-order valence-electron chi connectivity index (χ2n) is 7.93. The Hall–Kier alpha value is -3.12. The number of hydrogen-bond acceptors (Lipinski definition) is 2. The molecule has 0 aromatic heterocycles. The van der Waals surface area contributed by atoms with E-state index in [0.717, 1.165) is 17.2 Å². The fourth-order valence-electron chi connectivity index (χ4n) is 4.23. The van der Waals surface area contributed by atoms with Gasteiger partial charge in [0, 0.05) is 24.2 Å². The molecule has 0 amide bonds. The number of halogens is 3. The zero-order chi connectivity index (χ0) is 23.3. The molecule has 3 atom stereocenters. The van der Waals surface area contributed by atoms with E-state index in [4.69, 9.17) is 0 Å². The summed E-state index contributed by atoms with van der Waals surface area (Å²) in [5.74, 6) is -4.37. The van der Waals surface area contributed by atoms with E-state index in [1.54, 1.807) is 0 Å². The summed E-state index contributed by atoms with van der Waals surface area (Å²) >= 11 is 0. The zero-order valence-corrected chi connectivity index (χ0v) is 18.0. The molecule has 3 aromatic rings. The standard InChI is InChI=1S/C26H26F3NO2/c1-17(19-9-5-3-6-10-19)30(18(2)20-11-7-4-8-12-20)22(15-26(31)32)13-21-14-24(28)25(29)16-23(21)27/h3-12,14,16-18,22H,13,15H2,1-2H3,(H,31,32). The Bertz CT molecular complexity index is 998. The predicted octanol–water partition coefficient (Wildman–Crippen LogP) is 6.31. The van der Waals surface area contributed by atoms with Crippen LogP contribution in [0.5, 0.6) is 0 Å². The molecule has 0 radical (unpaired) electrons. The first-order valence-corrected chi connectivity index (χ1v) is 10.5. The zero-order valence-electron chi connectivity index (χ0n) is 18.0. The van der Waals surface area contributed by atoms with Gasteiger partial charge in [0.2, 0.25) is 0 Å². The second kappa shape index (κ2) is 10.5. The number of benzene rings is 3. The predicted molar refractivity (Wildman–Crippen MR) is 118 cm³/mol. The van der Waals surface area contributed by atoms with Crippen LogP contribution in [0.1, 0.15) is 49.0 Å². The van der Waals surface area contributed by atoms with Gasteiger partial charge in [0.1, 0.15) is 5.82 Å². The fraction of sp³-hybridized carbons (Fsp3) is 0.269. The third-order valence-electron chi connectivity index (χ3n) is 5.84. The van der Waals surface area contributed by atoms with Gasteiger partial charge >= 0.3 is 5.97 Å². The largest absolute Gasteiger partial charge is 0.481 e. The highest BCUT2D eigenvalue weighted by molar-refractivity contribution is 5.67. The number of aliphatic carboxylic acids is 1.